The molecule has 2 aromatic carbocycles. The van der Waals surface area contributed by atoms with Gasteiger partial charge in [-0.1, -0.05) is 36.7 Å². The van der Waals surface area contributed by atoms with Gasteiger partial charge in [0.2, 0.25) is 0 Å². The van der Waals surface area contributed by atoms with E-state index in [4.69, 9.17) is 11.6 Å². The quantitative estimate of drug-likeness (QED) is 0.740. The Balaban J connectivity index is 2.27. The summed E-state index contributed by atoms with van der Waals surface area (Å²) in [5.74, 6) is 0.946. The van der Waals surface area contributed by atoms with E-state index in [1.54, 1.807) is 11.8 Å². The molecule has 2 aromatic rings. The minimum Gasteiger partial charge on any atom is -0.377 e. The summed E-state index contributed by atoms with van der Waals surface area (Å²) in [6.07, 6.45) is 0. The molecule has 1 atom stereocenters. The number of rotatable bonds is 5. The van der Waals surface area contributed by atoms with Crippen LogP contribution in [0.4, 0.5) is 5.69 Å². The minimum atomic E-state index is 0.0812. The van der Waals surface area contributed by atoms with Gasteiger partial charge in [0.15, 0.2) is 0 Å². The number of hydrogen-bond donors (Lipinski definition) is 1. The van der Waals surface area contributed by atoms with Crippen LogP contribution in [-0.4, -0.2) is 5.75 Å². The number of hydrogen-bond acceptors (Lipinski definition) is 3. The van der Waals surface area contributed by atoms with Crippen molar-refractivity contribution in [3.63, 3.8) is 0 Å². The standard InChI is InChI=1S/C17H17ClN2S/c1-3-21-17-9-5-8-16(15(17)11-19)20-12(2)13-6-4-7-14(18)10-13/h4-10,12,20H,3H2,1-2H3. The van der Waals surface area contributed by atoms with E-state index < -0.39 is 0 Å². The summed E-state index contributed by atoms with van der Waals surface area (Å²) in [5.41, 5.74) is 2.67. The van der Waals surface area contributed by atoms with Crippen molar-refractivity contribution >= 4 is 29.1 Å². The molecule has 0 heterocycles. The maximum absolute atomic E-state index is 9.43. The van der Waals surface area contributed by atoms with Crippen LogP contribution in [-0.2, 0) is 0 Å². The number of thioether (sulfide) groups is 1. The smallest absolute Gasteiger partial charge is 0.102 e. The first kappa shape index (κ1) is 15.8. The lowest BCUT2D eigenvalue weighted by atomic mass is 10.1. The van der Waals surface area contributed by atoms with Crippen molar-refractivity contribution in [3.05, 3.63) is 58.6 Å². The molecule has 0 aliphatic carbocycles. The molecule has 108 valence electrons. The lowest BCUT2D eigenvalue weighted by Gasteiger charge is -2.18. The largest absolute Gasteiger partial charge is 0.377 e. The van der Waals surface area contributed by atoms with Gasteiger partial charge in [0.05, 0.1) is 11.3 Å². The highest BCUT2D eigenvalue weighted by molar-refractivity contribution is 7.99. The van der Waals surface area contributed by atoms with Gasteiger partial charge < -0.3 is 5.32 Å². The van der Waals surface area contributed by atoms with Crippen molar-refractivity contribution in [2.75, 3.05) is 11.1 Å². The highest BCUT2D eigenvalue weighted by Crippen LogP contribution is 2.30. The van der Waals surface area contributed by atoms with Gasteiger partial charge in [-0.15, -0.1) is 11.8 Å². The average molecular weight is 317 g/mol. The summed E-state index contributed by atoms with van der Waals surface area (Å²) in [5, 5.41) is 13.6. The van der Waals surface area contributed by atoms with Crippen LogP contribution >= 0.6 is 23.4 Å². The summed E-state index contributed by atoms with van der Waals surface area (Å²) < 4.78 is 0. The number of nitrogens with one attached hydrogen (secondary N) is 1. The molecule has 0 bridgehead atoms. The zero-order chi connectivity index (χ0) is 15.2. The molecule has 0 aromatic heterocycles. The molecule has 0 aliphatic rings. The molecule has 0 amide bonds. The summed E-state index contributed by atoms with van der Waals surface area (Å²) >= 11 is 7.72. The third kappa shape index (κ3) is 3.93. The second-order valence-corrected chi connectivity index (χ2v) is 6.39. The van der Waals surface area contributed by atoms with E-state index >= 15 is 0 Å². The zero-order valence-electron chi connectivity index (χ0n) is 12.1. The van der Waals surface area contributed by atoms with Crippen LogP contribution in [0.25, 0.3) is 0 Å². The second kappa shape index (κ2) is 7.40. The first-order valence-corrected chi connectivity index (χ1v) is 8.20. The monoisotopic (exact) mass is 316 g/mol. The first-order chi connectivity index (χ1) is 10.2. The molecule has 1 N–H and O–H groups in total. The molecule has 0 saturated carbocycles. The molecule has 0 aliphatic heterocycles. The first-order valence-electron chi connectivity index (χ1n) is 6.83. The third-order valence-corrected chi connectivity index (χ3v) is 4.33. The fourth-order valence-corrected chi connectivity index (χ4v) is 3.12. The predicted octanol–water partition coefficient (Wildman–Crippen LogP) is 5.50. The molecule has 0 saturated heterocycles. The van der Waals surface area contributed by atoms with Gasteiger partial charge in [0.1, 0.15) is 6.07 Å². The Morgan fingerprint density at radius 1 is 1.29 bits per heavy atom. The van der Waals surface area contributed by atoms with Crippen LogP contribution in [0.1, 0.15) is 31.0 Å². The molecule has 0 fully saturated rings. The van der Waals surface area contributed by atoms with Crippen molar-refractivity contribution in [1.29, 1.82) is 5.26 Å². The van der Waals surface area contributed by atoms with Crippen LogP contribution in [0.15, 0.2) is 47.4 Å². The molecule has 21 heavy (non-hydrogen) atoms. The number of nitriles is 1. The maximum atomic E-state index is 9.43. The highest BCUT2D eigenvalue weighted by atomic mass is 35.5. The topological polar surface area (TPSA) is 35.8 Å². The molecular weight excluding hydrogens is 300 g/mol. The van der Waals surface area contributed by atoms with E-state index in [0.717, 1.165) is 26.9 Å². The fraction of sp³-hybridized carbons (Fsp3) is 0.235. The van der Waals surface area contributed by atoms with E-state index in [2.05, 4.69) is 25.2 Å². The average Bonchev–Trinajstić information content (AvgIpc) is 2.48. The normalized spacial score (nSPS) is 11.7. The number of anilines is 1. The lowest BCUT2D eigenvalue weighted by Crippen LogP contribution is -2.08. The SMILES string of the molecule is CCSc1cccc(NC(C)c2cccc(Cl)c2)c1C#N. The van der Waals surface area contributed by atoms with Crippen molar-refractivity contribution < 1.29 is 0 Å². The van der Waals surface area contributed by atoms with Gasteiger partial charge in [-0.05, 0) is 42.5 Å². The van der Waals surface area contributed by atoms with E-state index in [9.17, 15) is 5.26 Å². The Morgan fingerprint density at radius 2 is 2.05 bits per heavy atom. The van der Waals surface area contributed by atoms with Gasteiger partial charge in [-0.25, -0.2) is 0 Å². The van der Waals surface area contributed by atoms with Crippen LogP contribution in [0.5, 0.6) is 0 Å². The lowest BCUT2D eigenvalue weighted by molar-refractivity contribution is 0.883. The van der Waals surface area contributed by atoms with Crippen molar-refractivity contribution in [2.24, 2.45) is 0 Å². The van der Waals surface area contributed by atoms with Gasteiger partial charge in [-0.2, -0.15) is 5.26 Å². The van der Waals surface area contributed by atoms with Crippen molar-refractivity contribution in [3.8, 4) is 6.07 Å². The second-order valence-electron chi connectivity index (χ2n) is 4.64. The van der Waals surface area contributed by atoms with Gasteiger partial charge in [0.25, 0.3) is 0 Å². The number of nitrogens with zero attached hydrogens (tertiary/aromatic N) is 1. The molecule has 2 rings (SSSR count). The van der Waals surface area contributed by atoms with Gasteiger partial charge in [0, 0.05) is 16.0 Å². The van der Waals surface area contributed by atoms with Gasteiger partial charge in [-0.3, -0.25) is 0 Å². The Hall–Kier alpha value is -1.63. The highest BCUT2D eigenvalue weighted by Gasteiger charge is 2.11. The van der Waals surface area contributed by atoms with E-state index in [0.29, 0.717) is 5.56 Å². The predicted molar refractivity (Wildman–Crippen MR) is 91.0 cm³/mol. The van der Waals surface area contributed by atoms with Crippen molar-refractivity contribution in [2.45, 2.75) is 24.8 Å². The Morgan fingerprint density at radius 3 is 2.71 bits per heavy atom. The van der Waals surface area contributed by atoms with E-state index in [1.165, 1.54) is 0 Å². The minimum absolute atomic E-state index is 0.0812. The molecule has 0 radical (unpaired) electrons. The van der Waals surface area contributed by atoms with Crippen LogP contribution < -0.4 is 5.32 Å². The van der Waals surface area contributed by atoms with Crippen LogP contribution in [0.2, 0.25) is 5.02 Å². The summed E-state index contributed by atoms with van der Waals surface area (Å²) in [6, 6.07) is 16.1. The fourth-order valence-electron chi connectivity index (χ4n) is 2.14. The molecular formula is C17H17ClN2S. The summed E-state index contributed by atoms with van der Waals surface area (Å²) in [6.45, 7) is 4.15. The number of halogens is 1. The Labute approximate surface area is 135 Å². The third-order valence-electron chi connectivity index (χ3n) is 3.16. The van der Waals surface area contributed by atoms with Crippen molar-refractivity contribution in [1.82, 2.24) is 0 Å². The van der Waals surface area contributed by atoms with Crippen LogP contribution in [0, 0.1) is 11.3 Å². The summed E-state index contributed by atoms with van der Waals surface area (Å²) in [7, 11) is 0. The van der Waals surface area contributed by atoms with E-state index in [-0.39, 0.29) is 6.04 Å². The number of benzene rings is 2. The Kier molecular flexibility index (Phi) is 5.55. The molecule has 4 heteroatoms. The zero-order valence-corrected chi connectivity index (χ0v) is 13.6. The molecule has 1 unspecified atom stereocenters. The Bertz CT molecular complexity index is 664. The maximum Gasteiger partial charge on any atom is 0.102 e. The van der Waals surface area contributed by atoms with E-state index in [1.807, 2.05) is 42.5 Å². The van der Waals surface area contributed by atoms with Gasteiger partial charge >= 0.3 is 0 Å². The molecule has 2 nitrogen and oxygen atoms in total. The molecule has 0 spiro atoms. The summed E-state index contributed by atoms with van der Waals surface area (Å²) in [4.78, 5) is 1.02. The van der Waals surface area contributed by atoms with Crippen LogP contribution in [0.3, 0.4) is 0 Å².